The van der Waals surface area contributed by atoms with Crippen molar-refractivity contribution in [2.45, 2.75) is 171 Å². The number of carbonyl (C=O) groups excluding carboxylic acids is 5. The van der Waals surface area contributed by atoms with Gasteiger partial charge in [-0.3, -0.25) is 19.6 Å². The molecule has 0 amide bonds. The number of piperazine rings is 4. The monoisotopic (exact) mass is 2190 g/mol. The molecule has 8 aromatic carbocycles. The highest BCUT2D eigenvalue weighted by Crippen LogP contribution is 2.50. The van der Waals surface area contributed by atoms with Crippen LogP contribution in [0.15, 0.2) is 226 Å². The van der Waals surface area contributed by atoms with Crippen LogP contribution >= 0.6 is 78.3 Å². The van der Waals surface area contributed by atoms with Crippen LogP contribution in [0.4, 0.5) is 22.7 Å². The second-order valence-corrected chi connectivity index (χ2v) is 52.2. The molecule has 0 saturated carbocycles. The third kappa shape index (κ3) is 32.0. The van der Waals surface area contributed by atoms with E-state index in [-0.39, 0.29) is 57.2 Å². The highest BCUT2D eigenvalue weighted by atomic mass is 79.9. The molecule has 0 spiro atoms. The lowest BCUT2D eigenvalue weighted by molar-refractivity contribution is -0.115. The summed E-state index contributed by atoms with van der Waals surface area (Å²) >= 11 is 31.8. The van der Waals surface area contributed by atoms with Crippen LogP contribution in [0.2, 0.25) is 38.2 Å². The van der Waals surface area contributed by atoms with E-state index in [1.807, 2.05) is 173 Å². The first-order chi connectivity index (χ1) is 69.4. The molecule has 8 aromatic rings. The molecule has 778 valence electrons. The zero-order valence-electron chi connectivity index (χ0n) is 87.4. The van der Waals surface area contributed by atoms with Crippen molar-refractivity contribution in [3.63, 3.8) is 0 Å². The Morgan fingerprint density at radius 3 is 0.848 bits per heavy atom. The molecule has 4 unspecified atom stereocenters. The topological polar surface area (TPSA) is 178 Å². The number of nitrogens with zero attached hydrogens (tertiary/aromatic N) is 8. The number of ether oxygens (including phenoxy) is 4. The Hall–Kier alpha value is -8.69. The molecule has 19 nitrogen and oxygen atoms in total. The number of benzene rings is 8. The van der Waals surface area contributed by atoms with Gasteiger partial charge in [0.15, 0.2) is 8.32 Å². The standard InChI is InChI=1S/C34H49ClN2O3Si.C29H33Br2ClN2O2.C28H35ClN2O3.C28H33ClN2O3/c1-8-39-32(38)27-11-15-30(16-12-27)37-21-19-36(20-22-37)24-28-23-34(5,25-40-41(6,7)33(2,3)4)18-17-31(28)26-9-13-29(35)14-10-26;1-3-36-28(35)22-6-10-25(11-7-22)34-16-14-33(15-17-34)20-23-18-29(2,19-27(30)31)13-12-26(23)21-4-8-24(32)9-5-21;2*1-3-34-27(33)22-6-10-25(11-7-22)31-16-14-30(15-17-31)19-23-18-28(2,20-32)13-12-26(23)21-4-8-24(29)9-5-21/h9-16H,8,17-25H2,1-7H3;4-11,19H,3,12-18,20H2,1-2H3;4-11,32H,3,12-20H2,1-2H3;4-11,20H,3,12-19H2,1-2H3. The van der Waals surface area contributed by atoms with E-state index in [0.717, 1.165) is 267 Å². The van der Waals surface area contributed by atoms with Gasteiger partial charge in [0.25, 0.3) is 0 Å². The fourth-order valence-corrected chi connectivity index (χ4v) is 23.7. The van der Waals surface area contributed by atoms with Gasteiger partial charge in [-0.25, -0.2) is 19.2 Å². The summed E-state index contributed by atoms with van der Waals surface area (Å²) in [5.74, 6) is -1.08. The first kappa shape index (κ1) is 113. The van der Waals surface area contributed by atoms with E-state index in [9.17, 15) is 29.1 Å². The van der Waals surface area contributed by atoms with Crippen molar-refractivity contribution in [2.75, 3.05) is 190 Å². The number of anilines is 4. The molecule has 4 aliphatic carbocycles. The summed E-state index contributed by atoms with van der Waals surface area (Å²) in [7, 11) is -1.81. The van der Waals surface area contributed by atoms with Gasteiger partial charge in [-0.1, -0.05) is 172 Å². The summed E-state index contributed by atoms with van der Waals surface area (Å²) in [4.78, 5) is 79.4. The van der Waals surface area contributed by atoms with Crippen molar-refractivity contribution < 1.29 is 52.5 Å². The SMILES string of the molecule is CCOC(=O)c1ccc(N2CCN(CC3=C(c4ccc(Cl)cc4)CCC(C)(C=C(Br)Br)C3)CC2)cc1.CCOC(=O)c1ccc(N2CCN(CC3=C(c4ccc(Cl)cc4)CCC(C)(C=O)C3)CC2)cc1.CCOC(=O)c1ccc(N2CCN(CC3=C(c4ccc(Cl)cc4)CCC(C)(CO)C3)CC2)cc1.CCOC(=O)c1ccc(N2CCN(CC3=C(c4ccc(Cl)cc4)CCC(C)(CO[Si](C)(C)C(C)(C)C)C3)CC2)cc1. The van der Waals surface area contributed by atoms with Crippen LogP contribution in [0.1, 0.15) is 217 Å². The Morgan fingerprint density at radius 1 is 0.359 bits per heavy atom. The van der Waals surface area contributed by atoms with E-state index in [0.29, 0.717) is 48.7 Å². The second-order valence-electron chi connectivity index (χ2n) is 42.9. The van der Waals surface area contributed by atoms with E-state index in [1.165, 1.54) is 61.3 Å². The summed E-state index contributed by atoms with van der Waals surface area (Å²) < 4.78 is 28.2. The molecule has 4 aliphatic heterocycles. The van der Waals surface area contributed by atoms with E-state index in [4.69, 9.17) is 69.8 Å². The van der Waals surface area contributed by atoms with Crippen molar-refractivity contribution in [3.05, 3.63) is 290 Å². The maximum absolute atomic E-state index is 12.0. The lowest BCUT2D eigenvalue weighted by Gasteiger charge is -2.43. The average molecular weight is 2200 g/mol. The zero-order chi connectivity index (χ0) is 104. The van der Waals surface area contributed by atoms with Crippen molar-refractivity contribution in [1.82, 2.24) is 19.6 Å². The molecular formula is C119H150Br2Cl4N8O11Si. The number of hydrogen-bond acceptors (Lipinski definition) is 19. The highest BCUT2D eigenvalue weighted by Gasteiger charge is 2.43. The van der Waals surface area contributed by atoms with Crippen molar-refractivity contribution in [1.29, 1.82) is 0 Å². The van der Waals surface area contributed by atoms with E-state index < -0.39 is 8.32 Å². The fraction of sp³-hybridized carbons (Fsp3) is 0.471. The van der Waals surface area contributed by atoms with Crippen LogP contribution in [0.25, 0.3) is 22.3 Å². The molecular weight excluding hydrogens is 2050 g/mol. The largest absolute Gasteiger partial charge is 0.462 e. The van der Waals surface area contributed by atoms with Crippen LogP contribution in [0, 0.1) is 21.7 Å². The number of esters is 4. The van der Waals surface area contributed by atoms with E-state index in [1.54, 1.807) is 5.57 Å². The molecule has 0 bridgehead atoms. The van der Waals surface area contributed by atoms with E-state index >= 15 is 0 Å². The third-order valence-electron chi connectivity index (χ3n) is 30.7. The first-order valence-corrected chi connectivity index (χ1v) is 58.0. The normalized spacial score (nSPS) is 21.2. The number of hydrogen-bond donors (Lipinski definition) is 1. The molecule has 145 heavy (non-hydrogen) atoms. The number of halogens is 6. The quantitative estimate of drug-likeness (QED) is 0.0194. The molecule has 26 heteroatoms. The number of carbonyl (C=O) groups is 5. The number of rotatable bonds is 30. The Bertz CT molecular complexity index is 5810. The Labute approximate surface area is 900 Å². The minimum Gasteiger partial charge on any atom is -0.462 e. The molecule has 0 aromatic heterocycles. The predicted octanol–water partition coefficient (Wildman–Crippen LogP) is 27.0. The molecule has 4 heterocycles. The van der Waals surface area contributed by atoms with Gasteiger partial charge in [-0.05, 0) is 361 Å². The van der Waals surface area contributed by atoms with Crippen molar-refractivity contribution in [2.24, 2.45) is 21.7 Å². The number of aldehydes is 1. The second kappa shape index (κ2) is 52.7. The average Bonchev–Trinajstić information content (AvgIpc) is 0.799. The predicted molar refractivity (Wildman–Crippen MR) is 608 cm³/mol. The zero-order valence-corrected chi connectivity index (χ0v) is 94.6. The highest BCUT2D eigenvalue weighted by molar-refractivity contribution is 9.28. The van der Waals surface area contributed by atoms with Gasteiger partial charge >= 0.3 is 23.9 Å². The smallest absolute Gasteiger partial charge is 0.338 e. The molecule has 4 saturated heterocycles. The fourth-order valence-electron chi connectivity index (χ4n) is 20.9. The Balaban J connectivity index is 0.000000162. The first-order valence-electron chi connectivity index (χ1n) is 52.0. The molecule has 1 N–H and O–H groups in total. The summed E-state index contributed by atoms with van der Waals surface area (Å²) in [6.07, 6.45) is 15.5. The van der Waals surface area contributed by atoms with Gasteiger partial charge < -0.3 is 52.9 Å². The van der Waals surface area contributed by atoms with Crippen LogP contribution < -0.4 is 19.6 Å². The molecule has 0 radical (unpaired) electrons. The van der Waals surface area contributed by atoms with Crippen LogP contribution in [0.5, 0.6) is 0 Å². The molecule has 4 fully saturated rings. The van der Waals surface area contributed by atoms with Crippen molar-refractivity contribution in [3.8, 4) is 0 Å². The van der Waals surface area contributed by atoms with Crippen LogP contribution in [-0.4, -0.2) is 234 Å². The third-order valence-corrected chi connectivity index (χ3v) is 36.6. The number of aliphatic hydroxyl groups excluding tert-OH is 1. The van der Waals surface area contributed by atoms with E-state index in [2.05, 4.69) is 187 Å². The van der Waals surface area contributed by atoms with Gasteiger partial charge in [-0.15, -0.1) is 0 Å². The summed E-state index contributed by atoms with van der Waals surface area (Å²) in [5, 5.41) is 13.3. The van der Waals surface area contributed by atoms with Crippen LogP contribution in [0.3, 0.4) is 0 Å². The van der Waals surface area contributed by atoms with Gasteiger partial charge in [0, 0.05) is 192 Å². The number of aliphatic hydroxyl groups is 1. The van der Waals surface area contributed by atoms with Gasteiger partial charge in [0.05, 0.1) is 52.1 Å². The van der Waals surface area contributed by atoms with Crippen molar-refractivity contribution >= 4 is 162 Å². The lowest BCUT2D eigenvalue weighted by atomic mass is 9.71. The minimum atomic E-state index is -1.81. The lowest BCUT2D eigenvalue weighted by Crippen LogP contribution is -2.47. The minimum absolute atomic E-state index is 0.0479. The summed E-state index contributed by atoms with van der Waals surface area (Å²) in [6, 6.07) is 64.0. The van der Waals surface area contributed by atoms with Gasteiger partial charge in [0.2, 0.25) is 0 Å². The van der Waals surface area contributed by atoms with Gasteiger partial charge in [-0.2, -0.15) is 0 Å². The Kier molecular flexibility index (Phi) is 41.2. The summed E-state index contributed by atoms with van der Waals surface area (Å²) in [6.45, 7) is 49.9. The summed E-state index contributed by atoms with van der Waals surface area (Å²) in [5.41, 5.74) is 23.6. The van der Waals surface area contributed by atoms with Gasteiger partial charge in [0.1, 0.15) is 6.29 Å². The maximum Gasteiger partial charge on any atom is 0.338 e. The van der Waals surface area contributed by atoms with Crippen LogP contribution in [-0.2, 0) is 28.2 Å². The molecule has 16 rings (SSSR count). The number of allylic oxidation sites excluding steroid dienone is 5. The maximum atomic E-state index is 12.0. The molecule has 8 aliphatic rings. The molecule has 4 atom stereocenters. The Morgan fingerprint density at radius 2 is 0.600 bits per heavy atom.